The van der Waals surface area contributed by atoms with Gasteiger partial charge in [0.1, 0.15) is 5.75 Å². The number of H-pyrrole nitrogens is 1. The molecule has 3 N–H and O–H groups in total. The lowest BCUT2D eigenvalue weighted by Gasteiger charge is -2.37. The number of aromatic nitrogens is 5. The minimum Gasteiger partial charge on any atom is -0.495 e. The zero-order chi connectivity index (χ0) is 24.0. The molecule has 0 spiro atoms. The number of benzene rings is 2. The molecule has 0 bridgehead atoms. The van der Waals surface area contributed by atoms with Gasteiger partial charge in [0.15, 0.2) is 11.5 Å². The van der Waals surface area contributed by atoms with E-state index in [-0.39, 0.29) is 0 Å². The summed E-state index contributed by atoms with van der Waals surface area (Å²) in [6, 6.07) is 12.2. The molecule has 35 heavy (non-hydrogen) atoms. The van der Waals surface area contributed by atoms with Crippen LogP contribution in [0.1, 0.15) is 19.8 Å². The van der Waals surface area contributed by atoms with E-state index in [1.807, 2.05) is 60.2 Å². The van der Waals surface area contributed by atoms with Gasteiger partial charge < -0.3 is 24.5 Å². The number of rotatable bonds is 5. The van der Waals surface area contributed by atoms with E-state index in [1.165, 1.54) is 0 Å². The molecule has 1 aliphatic heterocycles. The van der Waals surface area contributed by atoms with Gasteiger partial charge in [-0.25, -0.2) is 9.97 Å². The van der Waals surface area contributed by atoms with Crippen LogP contribution in [0.15, 0.2) is 61.2 Å². The summed E-state index contributed by atoms with van der Waals surface area (Å²) in [5.74, 6) is 1.43. The Morgan fingerprint density at radius 1 is 1.14 bits per heavy atom. The fourth-order valence-corrected chi connectivity index (χ4v) is 4.63. The highest BCUT2D eigenvalue weighted by Crippen LogP contribution is 2.36. The number of anilines is 3. The van der Waals surface area contributed by atoms with Crippen molar-refractivity contribution in [1.29, 1.82) is 0 Å². The van der Waals surface area contributed by atoms with E-state index in [1.54, 1.807) is 13.3 Å². The number of nitrogens with one attached hydrogen (secondary N) is 2. The van der Waals surface area contributed by atoms with Gasteiger partial charge >= 0.3 is 0 Å². The van der Waals surface area contributed by atoms with E-state index in [4.69, 9.17) is 9.72 Å². The number of fused-ring (bicyclic) bond motifs is 2. The molecule has 0 atom stereocenters. The number of aliphatic hydroxyl groups is 1. The van der Waals surface area contributed by atoms with Crippen LogP contribution in [0.5, 0.6) is 5.75 Å². The van der Waals surface area contributed by atoms with Crippen LogP contribution in [0.2, 0.25) is 0 Å². The van der Waals surface area contributed by atoms with Crippen LogP contribution < -0.4 is 15.0 Å². The number of ether oxygens (including phenoxy) is 1. The predicted molar refractivity (Wildman–Crippen MR) is 136 cm³/mol. The third-order valence-corrected chi connectivity index (χ3v) is 6.74. The Morgan fingerprint density at radius 3 is 2.83 bits per heavy atom. The lowest BCUT2D eigenvalue weighted by Crippen LogP contribution is -2.42. The molecule has 3 aromatic heterocycles. The van der Waals surface area contributed by atoms with Crippen molar-refractivity contribution in [2.45, 2.75) is 25.4 Å². The first kappa shape index (κ1) is 21.4. The molecule has 6 rings (SSSR count). The first-order valence-electron chi connectivity index (χ1n) is 11.7. The molecule has 0 unspecified atom stereocenters. The maximum absolute atomic E-state index is 10.3. The molecule has 1 aliphatic rings. The van der Waals surface area contributed by atoms with Crippen molar-refractivity contribution in [1.82, 2.24) is 24.6 Å². The molecule has 178 valence electrons. The number of imidazole rings is 1. The Balaban J connectivity index is 1.33. The van der Waals surface area contributed by atoms with E-state index < -0.39 is 5.60 Å². The molecule has 2 aromatic carbocycles. The van der Waals surface area contributed by atoms with Gasteiger partial charge in [-0.3, -0.25) is 5.10 Å². The van der Waals surface area contributed by atoms with E-state index in [0.717, 1.165) is 70.9 Å². The molecule has 1 saturated heterocycles. The number of aromatic amines is 1. The minimum absolute atomic E-state index is 0.598. The maximum atomic E-state index is 10.3. The molecule has 9 heteroatoms. The molecule has 4 heterocycles. The quantitative estimate of drug-likeness (QED) is 0.351. The highest BCUT2D eigenvalue weighted by atomic mass is 16.5. The average molecular weight is 470 g/mol. The van der Waals surface area contributed by atoms with E-state index in [9.17, 15) is 5.11 Å². The Bertz CT molecular complexity index is 1510. The van der Waals surface area contributed by atoms with E-state index in [0.29, 0.717) is 5.82 Å². The van der Waals surface area contributed by atoms with Crippen molar-refractivity contribution in [3.63, 3.8) is 0 Å². The van der Waals surface area contributed by atoms with Crippen LogP contribution in [0.3, 0.4) is 0 Å². The van der Waals surface area contributed by atoms with Crippen LogP contribution in [0.25, 0.3) is 27.8 Å². The number of hydrogen-bond donors (Lipinski definition) is 3. The summed E-state index contributed by atoms with van der Waals surface area (Å²) < 4.78 is 7.70. The summed E-state index contributed by atoms with van der Waals surface area (Å²) in [6.07, 6.45) is 8.92. The topological polar surface area (TPSA) is 104 Å². The van der Waals surface area contributed by atoms with E-state index >= 15 is 0 Å². The zero-order valence-electron chi connectivity index (χ0n) is 19.7. The van der Waals surface area contributed by atoms with Crippen molar-refractivity contribution in [3.8, 4) is 17.0 Å². The second kappa shape index (κ2) is 8.28. The molecule has 0 amide bonds. The van der Waals surface area contributed by atoms with Crippen molar-refractivity contribution in [3.05, 3.63) is 61.2 Å². The first-order chi connectivity index (χ1) is 17.0. The molecule has 0 aliphatic carbocycles. The second-order valence-corrected chi connectivity index (χ2v) is 9.30. The Morgan fingerprint density at radius 2 is 2.00 bits per heavy atom. The SMILES string of the molecule is COc1cc(Nc2nc(-c3ccc4cn[nH]c4c3)cn3ccnc23)ccc1N1CCC(C)(O)CC1. The van der Waals surface area contributed by atoms with Gasteiger partial charge in [0.2, 0.25) is 0 Å². The van der Waals surface area contributed by atoms with Gasteiger partial charge in [0.05, 0.1) is 35.8 Å². The zero-order valence-corrected chi connectivity index (χ0v) is 19.7. The van der Waals surface area contributed by atoms with Gasteiger partial charge in [-0.05, 0) is 38.0 Å². The predicted octanol–water partition coefficient (Wildman–Crippen LogP) is 4.38. The van der Waals surface area contributed by atoms with Gasteiger partial charge in [-0.15, -0.1) is 0 Å². The van der Waals surface area contributed by atoms with Crippen molar-refractivity contribution < 1.29 is 9.84 Å². The smallest absolute Gasteiger partial charge is 0.180 e. The molecular weight excluding hydrogens is 442 g/mol. The second-order valence-electron chi connectivity index (χ2n) is 9.30. The van der Waals surface area contributed by atoms with Crippen LogP contribution in [0.4, 0.5) is 17.2 Å². The Hall–Kier alpha value is -4.11. The van der Waals surface area contributed by atoms with Crippen molar-refractivity contribution in [2.75, 3.05) is 30.4 Å². The molecule has 1 fully saturated rings. The summed E-state index contributed by atoms with van der Waals surface area (Å²) in [5, 5.41) is 21.9. The van der Waals surface area contributed by atoms with Gasteiger partial charge in [-0.1, -0.05) is 12.1 Å². The van der Waals surface area contributed by atoms with Crippen LogP contribution in [-0.4, -0.2) is 55.5 Å². The fraction of sp³-hybridized carbons (Fsp3) is 0.269. The summed E-state index contributed by atoms with van der Waals surface area (Å²) in [6.45, 7) is 3.48. The van der Waals surface area contributed by atoms with Gasteiger partial charge in [0, 0.05) is 54.4 Å². The maximum Gasteiger partial charge on any atom is 0.180 e. The normalized spacial score (nSPS) is 15.6. The number of nitrogens with zero attached hydrogens (tertiary/aromatic N) is 5. The van der Waals surface area contributed by atoms with Crippen LogP contribution in [-0.2, 0) is 0 Å². The molecule has 0 radical (unpaired) electrons. The highest BCUT2D eigenvalue weighted by molar-refractivity contribution is 5.84. The number of hydrogen-bond acceptors (Lipinski definition) is 7. The molecule has 9 nitrogen and oxygen atoms in total. The molecule has 5 aromatic rings. The van der Waals surface area contributed by atoms with Crippen molar-refractivity contribution >= 4 is 33.7 Å². The summed E-state index contributed by atoms with van der Waals surface area (Å²) >= 11 is 0. The monoisotopic (exact) mass is 469 g/mol. The number of piperidine rings is 1. The minimum atomic E-state index is -0.598. The fourth-order valence-electron chi connectivity index (χ4n) is 4.63. The summed E-state index contributed by atoms with van der Waals surface area (Å²) in [7, 11) is 1.68. The lowest BCUT2D eigenvalue weighted by molar-refractivity contribution is 0.0350. The van der Waals surface area contributed by atoms with Crippen LogP contribution in [0, 0.1) is 0 Å². The average Bonchev–Trinajstić information content (AvgIpc) is 3.53. The third kappa shape index (κ3) is 4.04. The highest BCUT2D eigenvalue weighted by Gasteiger charge is 2.28. The Labute approximate surface area is 202 Å². The van der Waals surface area contributed by atoms with Crippen LogP contribution >= 0.6 is 0 Å². The third-order valence-electron chi connectivity index (χ3n) is 6.74. The van der Waals surface area contributed by atoms with Gasteiger partial charge in [-0.2, -0.15) is 5.10 Å². The first-order valence-corrected chi connectivity index (χ1v) is 11.7. The Kier molecular flexibility index (Phi) is 5.07. The molecule has 0 saturated carbocycles. The lowest BCUT2D eigenvalue weighted by atomic mass is 9.93. The number of methoxy groups -OCH3 is 1. The molecular formula is C26H27N7O2. The van der Waals surface area contributed by atoms with Gasteiger partial charge in [0.25, 0.3) is 0 Å². The van der Waals surface area contributed by atoms with E-state index in [2.05, 4.69) is 31.5 Å². The standard InChI is InChI=1S/C26H27N7O2/c1-26(34)7-10-32(11-8-26)22-6-5-19(14-23(22)35-2)29-24-25-27-9-12-33(25)16-21(30-24)17-3-4-18-15-28-31-20(18)13-17/h3-6,9,12-16,34H,7-8,10-11H2,1-2H3,(H,28,31)(H,29,30). The largest absolute Gasteiger partial charge is 0.495 e. The summed E-state index contributed by atoms with van der Waals surface area (Å²) in [5.41, 5.74) is 4.77. The summed E-state index contributed by atoms with van der Waals surface area (Å²) in [4.78, 5) is 11.7. The van der Waals surface area contributed by atoms with Crippen molar-refractivity contribution in [2.24, 2.45) is 0 Å².